The van der Waals surface area contributed by atoms with Gasteiger partial charge in [0, 0.05) is 13.0 Å². The first kappa shape index (κ1) is 21.1. The molecule has 0 saturated heterocycles. The minimum atomic E-state index is -1.20. The van der Waals surface area contributed by atoms with Crippen LogP contribution in [-0.2, 0) is 27.2 Å². The van der Waals surface area contributed by atoms with Gasteiger partial charge in [0.15, 0.2) is 0 Å². The highest BCUT2D eigenvalue weighted by Crippen LogP contribution is 2.14. The van der Waals surface area contributed by atoms with Crippen molar-refractivity contribution in [3.63, 3.8) is 0 Å². The monoisotopic (exact) mass is 384 g/mol. The molecule has 2 aromatic carbocycles. The van der Waals surface area contributed by atoms with Crippen LogP contribution in [0.15, 0.2) is 60.7 Å². The maximum absolute atomic E-state index is 12.9. The van der Waals surface area contributed by atoms with Gasteiger partial charge < -0.3 is 20.8 Å². The largest absolute Gasteiger partial charge is 0.481 e. The lowest BCUT2D eigenvalue weighted by atomic mass is 10.0. The molecular weight excluding hydrogens is 360 g/mol. The van der Waals surface area contributed by atoms with Crippen LogP contribution >= 0.6 is 0 Å². The smallest absolute Gasteiger partial charge is 0.326 e. The Morgan fingerprint density at radius 2 is 1.36 bits per heavy atom. The standard InChI is InChI=1S/C21H24N2O5/c22-17(13-15-7-3-1-4-8-15)20(26)23(12-11-19(24)25)18(21(27)28)14-16-9-5-2-6-10-16/h1-10,17-18H,11-14,22H2,(H,24,25)(H,27,28)/t17-,18?/m0/s1. The van der Waals surface area contributed by atoms with Crippen LogP contribution in [0.3, 0.4) is 0 Å². The molecule has 2 aromatic rings. The van der Waals surface area contributed by atoms with Crippen molar-refractivity contribution < 1.29 is 24.6 Å². The number of benzene rings is 2. The van der Waals surface area contributed by atoms with E-state index in [1.807, 2.05) is 36.4 Å². The molecule has 2 rings (SSSR count). The third-order valence-electron chi connectivity index (χ3n) is 4.40. The van der Waals surface area contributed by atoms with E-state index in [4.69, 9.17) is 10.8 Å². The number of nitrogens with zero attached hydrogens (tertiary/aromatic N) is 1. The normalized spacial score (nSPS) is 12.8. The highest BCUT2D eigenvalue weighted by Gasteiger charge is 2.32. The van der Waals surface area contributed by atoms with Crippen LogP contribution in [0.4, 0.5) is 0 Å². The summed E-state index contributed by atoms with van der Waals surface area (Å²) in [6.45, 7) is -0.222. The number of rotatable bonds is 10. The summed E-state index contributed by atoms with van der Waals surface area (Å²) in [6, 6.07) is 15.9. The Kier molecular flexibility index (Phi) is 7.71. The lowest BCUT2D eigenvalue weighted by Gasteiger charge is -2.31. The summed E-state index contributed by atoms with van der Waals surface area (Å²) < 4.78 is 0. The van der Waals surface area contributed by atoms with Gasteiger partial charge in [-0.25, -0.2) is 4.79 Å². The molecule has 1 unspecified atom stereocenters. The first-order chi connectivity index (χ1) is 13.4. The zero-order valence-electron chi connectivity index (χ0n) is 15.4. The van der Waals surface area contributed by atoms with E-state index in [1.165, 1.54) is 0 Å². The van der Waals surface area contributed by atoms with Crippen molar-refractivity contribution in [3.05, 3.63) is 71.8 Å². The Bertz CT molecular complexity index is 795. The van der Waals surface area contributed by atoms with E-state index in [1.54, 1.807) is 24.3 Å². The fourth-order valence-electron chi connectivity index (χ4n) is 2.97. The Labute approximate surface area is 163 Å². The van der Waals surface area contributed by atoms with Crippen LogP contribution in [-0.4, -0.2) is 51.6 Å². The Morgan fingerprint density at radius 3 is 1.82 bits per heavy atom. The van der Waals surface area contributed by atoms with Crippen LogP contribution < -0.4 is 5.73 Å². The van der Waals surface area contributed by atoms with Crippen molar-refractivity contribution >= 4 is 17.8 Å². The number of hydrogen-bond acceptors (Lipinski definition) is 4. The van der Waals surface area contributed by atoms with Gasteiger partial charge in [0.05, 0.1) is 12.5 Å². The summed E-state index contributed by atoms with van der Waals surface area (Å²) >= 11 is 0. The predicted molar refractivity (Wildman–Crippen MR) is 104 cm³/mol. The molecule has 0 radical (unpaired) electrons. The number of carboxylic acid groups (broad SMARTS) is 2. The molecule has 4 N–H and O–H groups in total. The SMILES string of the molecule is N[C@@H](Cc1ccccc1)C(=O)N(CCC(=O)O)C(Cc1ccccc1)C(=O)O. The van der Waals surface area contributed by atoms with Crippen molar-refractivity contribution in [1.29, 1.82) is 0 Å². The number of nitrogens with two attached hydrogens (primary N) is 1. The Morgan fingerprint density at radius 1 is 0.857 bits per heavy atom. The van der Waals surface area contributed by atoms with Crippen molar-refractivity contribution in [2.45, 2.75) is 31.3 Å². The molecule has 0 saturated carbocycles. The summed E-state index contributed by atoms with van der Waals surface area (Å²) in [5.41, 5.74) is 7.64. The van der Waals surface area contributed by atoms with Gasteiger partial charge in [0.25, 0.3) is 0 Å². The minimum absolute atomic E-state index is 0.0690. The second-order valence-electron chi connectivity index (χ2n) is 6.52. The Balaban J connectivity index is 2.22. The number of hydrogen-bond donors (Lipinski definition) is 3. The summed E-state index contributed by atoms with van der Waals surface area (Å²) in [7, 11) is 0. The number of carboxylic acids is 2. The van der Waals surface area contributed by atoms with E-state index < -0.39 is 29.9 Å². The van der Waals surface area contributed by atoms with Crippen molar-refractivity contribution in [2.24, 2.45) is 5.73 Å². The quantitative estimate of drug-likeness (QED) is 0.572. The van der Waals surface area contributed by atoms with Crippen molar-refractivity contribution in [3.8, 4) is 0 Å². The fraction of sp³-hybridized carbons (Fsp3) is 0.286. The van der Waals surface area contributed by atoms with Crippen LogP contribution in [0.2, 0.25) is 0 Å². The number of carbonyl (C=O) groups excluding carboxylic acids is 1. The van der Waals surface area contributed by atoms with Crippen LogP contribution in [0, 0.1) is 0 Å². The highest BCUT2D eigenvalue weighted by atomic mass is 16.4. The first-order valence-corrected chi connectivity index (χ1v) is 8.97. The zero-order valence-corrected chi connectivity index (χ0v) is 15.4. The van der Waals surface area contributed by atoms with Crippen molar-refractivity contribution in [2.75, 3.05) is 6.54 Å². The van der Waals surface area contributed by atoms with Crippen LogP contribution in [0.1, 0.15) is 17.5 Å². The van der Waals surface area contributed by atoms with Gasteiger partial charge >= 0.3 is 11.9 Å². The topological polar surface area (TPSA) is 121 Å². The van der Waals surface area contributed by atoms with Gasteiger partial charge in [-0.2, -0.15) is 0 Å². The van der Waals surface area contributed by atoms with Crippen LogP contribution in [0.25, 0.3) is 0 Å². The number of carbonyl (C=O) groups is 3. The molecule has 28 heavy (non-hydrogen) atoms. The van der Waals surface area contributed by atoms with Gasteiger partial charge in [0.1, 0.15) is 6.04 Å². The average Bonchev–Trinajstić information content (AvgIpc) is 2.68. The second-order valence-corrected chi connectivity index (χ2v) is 6.52. The van der Waals surface area contributed by atoms with Gasteiger partial charge in [-0.3, -0.25) is 9.59 Å². The van der Waals surface area contributed by atoms with E-state index in [0.717, 1.165) is 16.0 Å². The Hall–Kier alpha value is -3.19. The molecule has 0 fully saturated rings. The first-order valence-electron chi connectivity index (χ1n) is 8.97. The molecule has 0 aliphatic rings. The maximum atomic E-state index is 12.9. The number of amides is 1. The highest BCUT2D eigenvalue weighted by molar-refractivity contribution is 5.87. The molecule has 0 aliphatic carbocycles. The molecule has 0 spiro atoms. The third-order valence-corrected chi connectivity index (χ3v) is 4.40. The average molecular weight is 384 g/mol. The third kappa shape index (κ3) is 6.21. The summed E-state index contributed by atoms with van der Waals surface area (Å²) in [5, 5.41) is 18.7. The second kappa shape index (κ2) is 10.2. The maximum Gasteiger partial charge on any atom is 0.326 e. The molecular formula is C21H24N2O5. The summed E-state index contributed by atoms with van der Waals surface area (Å²) in [6.07, 6.45) is -0.0527. The molecule has 0 aliphatic heterocycles. The zero-order chi connectivity index (χ0) is 20.5. The molecule has 2 atom stereocenters. The predicted octanol–water partition coefficient (Wildman–Crippen LogP) is 1.56. The molecule has 7 nitrogen and oxygen atoms in total. The molecule has 0 bridgehead atoms. The summed E-state index contributed by atoms with van der Waals surface area (Å²) in [5.74, 6) is -2.89. The van der Waals surface area contributed by atoms with Crippen LogP contribution in [0.5, 0.6) is 0 Å². The van der Waals surface area contributed by atoms with Crippen molar-refractivity contribution in [1.82, 2.24) is 4.90 Å². The van der Waals surface area contributed by atoms with E-state index in [2.05, 4.69) is 0 Å². The van der Waals surface area contributed by atoms with E-state index in [9.17, 15) is 19.5 Å². The molecule has 148 valence electrons. The lowest BCUT2D eigenvalue weighted by molar-refractivity contribution is -0.152. The molecule has 1 amide bonds. The molecule has 0 aromatic heterocycles. The summed E-state index contributed by atoms with van der Waals surface area (Å²) in [4.78, 5) is 36.9. The van der Waals surface area contributed by atoms with Gasteiger partial charge in [-0.1, -0.05) is 60.7 Å². The number of aliphatic carboxylic acids is 2. The van der Waals surface area contributed by atoms with Gasteiger partial charge in [0.2, 0.25) is 5.91 Å². The van der Waals surface area contributed by atoms with Gasteiger partial charge in [-0.15, -0.1) is 0 Å². The minimum Gasteiger partial charge on any atom is -0.481 e. The molecule has 7 heteroatoms. The van der Waals surface area contributed by atoms with Gasteiger partial charge in [-0.05, 0) is 17.5 Å². The van der Waals surface area contributed by atoms with E-state index in [0.29, 0.717) is 0 Å². The van der Waals surface area contributed by atoms with E-state index >= 15 is 0 Å². The lowest BCUT2D eigenvalue weighted by Crippen LogP contribution is -2.53. The van der Waals surface area contributed by atoms with E-state index in [-0.39, 0.29) is 25.8 Å². The fourth-order valence-corrected chi connectivity index (χ4v) is 2.97. The molecule has 0 heterocycles.